The number of rotatable bonds is 5. The fourth-order valence-electron chi connectivity index (χ4n) is 3.74. The maximum atomic E-state index is 9.87. The van der Waals surface area contributed by atoms with Gasteiger partial charge in [0.25, 0.3) is 0 Å². The van der Waals surface area contributed by atoms with Crippen LogP contribution in [0.2, 0.25) is 10.0 Å². The van der Waals surface area contributed by atoms with Crippen LogP contribution in [0.25, 0.3) is 11.3 Å². The Hall–Kier alpha value is -3.58. The molecule has 3 aromatic rings. The second kappa shape index (κ2) is 11.2. The zero-order chi connectivity index (χ0) is 25.7. The molecule has 2 heterocycles. The van der Waals surface area contributed by atoms with E-state index < -0.39 is 5.92 Å². The molecule has 9 nitrogen and oxygen atoms in total. The van der Waals surface area contributed by atoms with Crippen molar-refractivity contribution < 1.29 is 24.1 Å². The number of nitriles is 1. The fraction of sp³-hybridized carbons (Fsp3) is 0.250. The minimum Gasteiger partial charge on any atom is -0.493 e. The molecule has 4 rings (SSSR count). The topological polar surface area (TPSA) is 136 Å². The molecule has 1 aromatic heterocycles. The van der Waals surface area contributed by atoms with Crippen LogP contribution in [0.5, 0.6) is 23.1 Å². The molecule has 0 radical (unpaired) electrons. The average molecular weight is 519 g/mol. The Morgan fingerprint density at radius 1 is 1.14 bits per heavy atom. The van der Waals surface area contributed by atoms with E-state index in [1.165, 1.54) is 21.3 Å². The molecule has 1 aliphatic heterocycles. The van der Waals surface area contributed by atoms with E-state index in [4.69, 9.17) is 53.0 Å². The molecule has 184 valence electrons. The number of aliphatic hydroxyl groups excluding tert-OH is 1. The number of benzene rings is 2. The highest BCUT2D eigenvalue weighted by molar-refractivity contribution is 6.35. The maximum absolute atomic E-state index is 9.87. The smallest absolute Gasteiger partial charge is 0.244 e. The van der Waals surface area contributed by atoms with E-state index in [1.54, 1.807) is 37.3 Å². The third-order valence-corrected chi connectivity index (χ3v) is 5.73. The predicted octanol–water partition coefficient (Wildman–Crippen LogP) is 4.63. The Labute approximate surface area is 212 Å². The highest BCUT2D eigenvalue weighted by Gasteiger charge is 2.37. The molecule has 0 aliphatic carbocycles. The Morgan fingerprint density at radius 3 is 2.29 bits per heavy atom. The SMILES string of the molecule is CCO.COc1cc(-c2[nH]nc3c2C(c2ccc(Cl)cc2Cl)C(C#N)=C(N)O3)cc(OC)c1OC. The van der Waals surface area contributed by atoms with E-state index in [-0.39, 0.29) is 23.9 Å². The molecule has 4 N–H and O–H groups in total. The molecule has 0 bridgehead atoms. The molecule has 0 fully saturated rings. The van der Waals surface area contributed by atoms with Crippen LogP contribution in [-0.4, -0.2) is 43.2 Å². The molecular formula is C24H24Cl2N4O5. The molecule has 0 amide bonds. The van der Waals surface area contributed by atoms with Gasteiger partial charge in [-0.1, -0.05) is 29.3 Å². The van der Waals surface area contributed by atoms with Gasteiger partial charge in [-0.3, -0.25) is 5.10 Å². The number of nitrogens with zero attached hydrogens (tertiary/aromatic N) is 2. The van der Waals surface area contributed by atoms with E-state index in [0.717, 1.165) is 0 Å². The third-order valence-electron chi connectivity index (χ3n) is 5.17. The zero-order valence-electron chi connectivity index (χ0n) is 19.5. The van der Waals surface area contributed by atoms with Crippen molar-refractivity contribution in [1.82, 2.24) is 10.2 Å². The number of aliphatic hydroxyl groups is 1. The van der Waals surface area contributed by atoms with E-state index in [0.29, 0.717) is 49.7 Å². The lowest BCUT2D eigenvalue weighted by molar-refractivity contribution is 0.318. The van der Waals surface area contributed by atoms with Crippen LogP contribution in [0, 0.1) is 11.3 Å². The zero-order valence-corrected chi connectivity index (χ0v) is 21.0. The first-order chi connectivity index (χ1) is 16.8. The van der Waals surface area contributed by atoms with Gasteiger partial charge in [0.2, 0.25) is 17.5 Å². The third kappa shape index (κ3) is 4.95. The molecular weight excluding hydrogens is 495 g/mol. The molecule has 35 heavy (non-hydrogen) atoms. The number of methoxy groups -OCH3 is 3. The number of hydrogen-bond acceptors (Lipinski definition) is 8. The number of halogens is 2. The largest absolute Gasteiger partial charge is 0.493 e. The highest BCUT2D eigenvalue weighted by Crippen LogP contribution is 2.49. The maximum Gasteiger partial charge on any atom is 0.244 e. The van der Waals surface area contributed by atoms with Gasteiger partial charge in [-0.05, 0) is 36.8 Å². The number of H-pyrrole nitrogens is 1. The molecule has 0 saturated carbocycles. The molecule has 11 heteroatoms. The van der Waals surface area contributed by atoms with Crippen LogP contribution in [0.15, 0.2) is 41.8 Å². The van der Waals surface area contributed by atoms with Crippen molar-refractivity contribution in [1.29, 1.82) is 5.26 Å². The minimum absolute atomic E-state index is 0.0426. The first-order valence-electron chi connectivity index (χ1n) is 10.4. The van der Waals surface area contributed by atoms with Gasteiger partial charge in [0.1, 0.15) is 11.6 Å². The number of ether oxygens (including phenoxy) is 4. The van der Waals surface area contributed by atoms with E-state index in [9.17, 15) is 5.26 Å². The number of aromatic nitrogens is 2. The molecule has 1 aliphatic rings. The summed E-state index contributed by atoms with van der Waals surface area (Å²) >= 11 is 12.6. The van der Waals surface area contributed by atoms with E-state index >= 15 is 0 Å². The monoisotopic (exact) mass is 518 g/mol. The number of nitrogens with one attached hydrogen (secondary N) is 1. The van der Waals surface area contributed by atoms with Crippen molar-refractivity contribution in [2.24, 2.45) is 5.73 Å². The summed E-state index contributed by atoms with van der Waals surface area (Å²) in [5, 5.41) is 25.6. The van der Waals surface area contributed by atoms with E-state index in [1.807, 2.05) is 0 Å². The fourth-order valence-corrected chi connectivity index (χ4v) is 4.25. The highest BCUT2D eigenvalue weighted by atomic mass is 35.5. The standard InChI is InChI=1S/C22H18Cl2N4O4.C2H6O/c1-29-15-6-10(7-16(30-2)20(15)31-3)19-18-17(12-5-4-11(23)8-14(12)24)13(9-25)21(26)32-22(18)28-27-19;1-2-3/h4-8,17H,26H2,1-3H3,(H,27,28);3H,2H2,1H3. The van der Waals surface area contributed by atoms with Crippen molar-refractivity contribution in [3.8, 4) is 40.5 Å². The van der Waals surface area contributed by atoms with Gasteiger partial charge >= 0.3 is 0 Å². The minimum atomic E-state index is -0.638. The summed E-state index contributed by atoms with van der Waals surface area (Å²) in [5.74, 6) is 0.918. The summed E-state index contributed by atoms with van der Waals surface area (Å²) in [6.07, 6.45) is 0. The lowest BCUT2D eigenvalue weighted by atomic mass is 9.83. The number of nitrogens with two attached hydrogens (primary N) is 1. The van der Waals surface area contributed by atoms with Gasteiger partial charge in [-0.2, -0.15) is 5.26 Å². The lowest BCUT2D eigenvalue weighted by Gasteiger charge is -2.25. The second-order valence-electron chi connectivity index (χ2n) is 7.14. The molecule has 2 aromatic carbocycles. The average Bonchev–Trinajstić information content (AvgIpc) is 3.26. The first kappa shape index (κ1) is 26.0. The molecule has 0 saturated heterocycles. The van der Waals surface area contributed by atoms with Crippen molar-refractivity contribution in [3.05, 3.63) is 63.0 Å². The normalized spacial score (nSPS) is 14.2. The Kier molecular flexibility index (Phi) is 8.35. The van der Waals surface area contributed by atoms with Crippen molar-refractivity contribution in [3.63, 3.8) is 0 Å². The summed E-state index contributed by atoms with van der Waals surface area (Å²) in [7, 11) is 4.58. The number of hydrogen-bond donors (Lipinski definition) is 3. The molecule has 1 atom stereocenters. The summed E-state index contributed by atoms with van der Waals surface area (Å²) in [4.78, 5) is 0. The van der Waals surface area contributed by atoms with Crippen LogP contribution in [-0.2, 0) is 0 Å². The number of aromatic amines is 1. The van der Waals surface area contributed by atoms with Crippen LogP contribution >= 0.6 is 23.2 Å². The van der Waals surface area contributed by atoms with Gasteiger partial charge in [-0.25, -0.2) is 0 Å². The van der Waals surface area contributed by atoms with E-state index in [2.05, 4.69) is 16.3 Å². The number of fused-ring (bicyclic) bond motifs is 1. The Morgan fingerprint density at radius 2 is 1.77 bits per heavy atom. The van der Waals surface area contributed by atoms with Crippen LogP contribution in [0.1, 0.15) is 24.0 Å². The van der Waals surface area contributed by atoms with Gasteiger partial charge < -0.3 is 29.8 Å². The van der Waals surface area contributed by atoms with Crippen LogP contribution < -0.4 is 24.7 Å². The summed E-state index contributed by atoms with van der Waals surface area (Å²) in [5.41, 5.74) is 8.73. The Balaban J connectivity index is 0.00000108. The van der Waals surface area contributed by atoms with Crippen LogP contribution in [0.4, 0.5) is 0 Å². The second-order valence-corrected chi connectivity index (χ2v) is 7.98. The van der Waals surface area contributed by atoms with Gasteiger partial charge in [-0.15, -0.1) is 5.10 Å². The number of allylic oxidation sites excluding steroid dienone is 1. The van der Waals surface area contributed by atoms with Crippen molar-refractivity contribution >= 4 is 23.2 Å². The predicted molar refractivity (Wildman–Crippen MR) is 132 cm³/mol. The van der Waals surface area contributed by atoms with Gasteiger partial charge in [0.15, 0.2) is 11.5 Å². The molecule has 0 spiro atoms. The van der Waals surface area contributed by atoms with Crippen molar-refractivity contribution in [2.75, 3.05) is 27.9 Å². The van der Waals surface area contributed by atoms with Gasteiger partial charge in [0.05, 0.1) is 38.5 Å². The quantitative estimate of drug-likeness (QED) is 0.444. The van der Waals surface area contributed by atoms with Crippen molar-refractivity contribution in [2.45, 2.75) is 12.8 Å². The summed E-state index contributed by atoms with van der Waals surface area (Å²) < 4.78 is 22.0. The van der Waals surface area contributed by atoms with Gasteiger partial charge in [0, 0.05) is 22.2 Å². The van der Waals surface area contributed by atoms with Crippen LogP contribution in [0.3, 0.4) is 0 Å². The molecule has 1 unspecified atom stereocenters. The summed E-state index contributed by atoms with van der Waals surface area (Å²) in [6.45, 7) is 1.93. The lowest BCUT2D eigenvalue weighted by Crippen LogP contribution is -2.21. The Bertz CT molecular complexity index is 1270. The summed E-state index contributed by atoms with van der Waals surface area (Å²) in [6, 6.07) is 10.7. The first-order valence-corrected chi connectivity index (χ1v) is 11.1.